The Labute approximate surface area is 189 Å². The van der Waals surface area contributed by atoms with Crippen LogP contribution in [0.15, 0.2) is 54.6 Å². The van der Waals surface area contributed by atoms with Crippen molar-refractivity contribution < 1.29 is 0 Å². The molecule has 0 saturated heterocycles. The third-order valence-corrected chi connectivity index (χ3v) is 5.42. The molecule has 9 nitrogen and oxygen atoms in total. The lowest BCUT2D eigenvalue weighted by Gasteiger charge is -2.09. The number of rotatable bonds is 6. The molecule has 0 aliphatic rings. The number of aromatic amines is 1. The zero-order valence-corrected chi connectivity index (χ0v) is 17.6. The number of aromatic nitrogens is 5. The van der Waals surface area contributed by atoms with Crippen molar-refractivity contribution in [2.75, 3.05) is 17.6 Å². The third kappa shape index (κ3) is 3.58. The molecule has 33 heavy (non-hydrogen) atoms. The Morgan fingerprint density at radius 1 is 0.939 bits per heavy atom. The number of hydrogen-bond acceptors (Lipinski definition) is 7. The van der Waals surface area contributed by atoms with Gasteiger partial charge in [0.05, 0.1) is 16.6 Å². The first-order valence-electron chi connectivity index (χ1n) is 10.4. The molecular formula is C24H19N9. The van der Waals surface area contributed by atoms with Crippen molar-refractivity contribution in [1.29, 1.82) is 10.5 Å². The molecule has 160 valence electrons. The topological polar surface area (TPSA) is 145 Å². The van der Waals surface area contributed by atoms with E-state index >= 15 is 0 Å². The largest absolute Gasteiger partial charge is 0.385 e. The Kier molecular flexibility index (Phi) is 5.06. The highest BCUT2D eigenvalue weighted by Gasteiger charge is 2.23. The standard InChI is InChI=1S/C24H19N9/c25-13-18-19(14-26)32-24-21(29-18)20(23-30-16-9-4-5-10-17(16)31-23)22(27)33(24)12-6-11-28-15-7-2-1-3-8-15/h1-5,7-10,28H,6,11-12,27H2,(H,30,31). The van der Waals surface area contributed by atoms with E-state index in [1.165, 1.54) is 0 Å². The quantitative estimate of drug-likeness (QED) is 0.345. The lowest BCUT2D eigenvalue weighted by Crippen LogP contribution is -2.10. The average molecular weight is 433 g/mol. The molecule has 4 N–H and O–H groups in total. The van der Waals surface area contributed by atoms with E-state index in [1.807, 2.05) is 71.3 Å². The number of imidazole rings is 1. The number of benzene rings is 2. The van der Waals surface area contributed by atoms with E-state index < -0.39 is 0 Å². The van der Waals surface area contributed by atoms with Crippen molar-refractivity contribution in [3.8, 4) is 23.5 Å². The zero-order valence-electron chi connectivity index (χ0n) is 17.6. The molecule has 0 bridgehead atoms. The van der Waals surface area contributed by atoms with Crippen molar-refractivity contribution in [3.63, 3.8) is 0 Å². The van der Waals surface area contributed by atoms with Gasteiger partial charge in [0.1, 0.15) is 29.3 Å². The number of H-pyrrole nitrogens is 1. The molecule has 5 rings (SSSR count). The maximum atomic E-state index is 9.47. The van der Waals surface area contributed by atoms with Crippen LogP contribution in [0, 0.1) is 22.7 Å². The second-order valence-electron chi connectivity index (χ2n) is 7.48. The van der Waals surface area contributed by atoms with Gasteiger partial charge >= 0.3 is 0 Å². The number of nitrogens with two attached hydrogens (primary N) is 1. The Morgan fingerprint density at radius 3 is 2.42 bits per heavy atom. The van der Waals surface area contributed by atoms with Crippen LogP contribution in [0.2, 0.25) is 0 Å². The minimum atomic E-state index is -0.0368. The van der Waals surface area contributed by atoms with Gasteiger partial charge in [0.2, 0.25) is 0 Å². The molecule has 0 fully saturated rings. The van der Waals surface area contributed by atoms with Gasteiger partial charge in [0.25, 0.3) is 0 Å². The van der Waals surface area contributed by atoms with Crippen LogP contribution >= 0.6 is 0 Å². The number of hydrogen-bond donors (Lipinski definition) is 3. The monoisotopic (exact) mass is 433 g/mol. The molecule has 0 radical (unpaired) electrons. The Morgan fingerprint density at radius 2 is 1.67 bits per heavy atom. The van der Waals surface area contributed by atoms with Crippen LogP contribution in [0.3, 0.4) is 0 Å². The van der Waals surface area contributed by atoms with Crippen LogP contribution in [0.1, 0.15) is 17.8 Å². The van der Waals surface area contributed by atoms with Gasteiger partial charge in [-0.25, -0.2) is 15.0 Å². The van der Waals surface area contributed by atoms with E-state index in [9.17, 15) is 10.5 Å². The van der Waals surface area contributed by atoms with Gasteiger partial charge in [-0.15, -0.1) is 0 Å². The molecule has 0 spiro atoms. The van der Waals surface area contributed by atoms with Crippen LogP contribution in [0.4, 0.5) is 11.5 Å². The number of fused-ring (bicyclic) bond motifs is 2. The summed E-state index contributed by atoms with van der Waals surface area (Å²) >= 11 is 0. The summed E-state index contributed by atoms with van der Waals surface area (Å²) in [4.78, 5) is 16.8. The molecule has 0 unspecified atom stereocenters. The highest BCUT2D eigenvalue weighted by molar-refractivity contribution is 5.98. The van der Waals surface area contributed by atoms with Gasteiger partial charge in [-0.05, 0) is 30.7 Å². The SMILES string of the molecule is N#Cc1nc2c(-c3nc4ccccc4[nH]3)c(N)n(CCCNc3ccccc3)c2nc1C#N. The fourth-order valence-corrected chi connectivity index (χ4v) is 3.87. The molecule has 9 heteroatoms. The predicted octanol–water partition coefficient (Wildman–Crippen LogP) is 3.80. The summed E-state index contributed by atoms with van der Waals surface area (Å²) in [7, 11) is 0. The maximum Gasteiger partial charge on any atom is 0.179 e. The second-order valence-corrected chi connectivity index (χ2v) is 7.48. The normalized spacial score (nSPS) is 10.8. The van der Waals surface area contributed by atoms with Crippen LogP contribution in [0.25, 0.3) is 33.6 Å². The summed E-state index contributed by atoms with van der Waals surface area (Å²) in [5, 5.41) is 22.3. The molecule has 3 heterocycles. The number of para-hydroxylation sites is 3. The first-order valence-corrected chi connectivity index (χ1v) is 10.4. The average Bonchev–Trinajstić information content (AvgIpc) is 3.39. The number of nitrogen functional groups attached to an aromatic ring is 1. The Hall–Kier alpha value is -4.89. The highest BCUT2D eigenvalue weighted by atomic mass is 15.1. The van der Waals surface area contributed by atoms with Crippen molar-refractivity contribution >= 4 is 33.7 Å². The summed E-state index contributed by atoms with van der Waals surface area (Å²) in [6.45, 7) is 1.27. The zero-order chi connectivity index (χ0) is 22.8. The summed E-state index contributed by atoms with van der Waals surface area (Å²) in [6, 6.07) is 21.5. The van der Waals surface area contributed by atoms with Gasteiger partial charge in [-0.1, -0.05) is 30.3 Å². The summed E-state index contributed by atoms with van der Waals surface area (Å²) in [5.74, 6) is 0.977. The first-order chi connectivity index (χ1) is 16.2. The van der Waals surface area contributed by atoms with E-state index in [-0.39, 0.29) is 11.4 Å². The second kappa shape index (κ2) is 8.33. The van der Waals surface area contributed by atoms with Crippen molar-refractivity contribution in [3.05, 3.63) is 66.0 Å². The van der Waals surface area contributed by atoms with E-state index in [2.05, 4.69) is 25.3 Å². The highest BCUT2D eigenvalue weighted by Crippen LogP contribution is 2.35. The number of aryl methyl sites for hydroxylation is 1. The lowest BCUT2D eigenvalue weighted by atomic mass is 10.2. The minimum Gasteiger partial charge on any atom is -0.385 e. The Balaban J connectivity index is 1.57. The molecule has 0 atom stereocenters. The van der Waals surface area contributed by atoms with Crippen molar-refractivity contribution in [2.45, 2.75) is 13.0 Å². The van der Waals surface area contributed by atoms with Crippen LogP contribution in [-0.2, 0) is 6.54 Å². The molecule has 0 saturated carbocycles. The minimum absolute atomic E-state index is 0.0256. The van der Waals surface area contributed by atoms with Crippen LogP contribution in [0.5, 0.6) is 0 Å². The number of nitrogens with zero attached hydrogens (tertiary/aromatic N) is 6. The Bertz CT molecular complexity index is 1520. The van der Waals surface area contributed by atoms with Gasteiger partial charge < -0.3 is 20.6 Å². The van der Waals surface area contributed by atoms with Crippen molar-refractivity contribution in [2.24, 2.45) is 0 Å². The van der Waals surface area contributed by atoms with E-state index in [1.54, 1.807) is 0 Å². The summed E-state index contributed by atoms with van der Waals surface area (Å²) < 4.78 is 1.83. The molecule has 5 aromatic rings. The fourth-order valence-electron chi connectivity index (χ4n) is 3.87. The fraction of sp³-hybridized carbons (Fsp3) is 0.125. The molecule has 2 aromatic carbocycles. The van der Waals surface area contributed by atoms with Gasteiger partial charge in [-0.3, -0.25) is 0 Å². The smallest absolute Gasteiger partial charge is 0.179 e. The molecule has 0 amide bonds. The van der Waals surface area contributed by atoms with Crippen LogP contribution in [-0.4, -0.2) is 31.0 Å². The van der Waals surface area contributed by atoms with Crippen molar-refractivity contribution in [1.82, 2.24) is 24.5 Å². The predicted molar refractivity (Wildman–Crippen MR) is 126 cm³/mol. The summed E-state index contributed by atoms with van der Waals surface area (Å²) in [6.07, 6.45) is 0.756. The van der Waals surface area contributed by atoms with Gasteiger partial charge in [-0.2, -0.15) is 10.5 Å². The maximum absolute atomic E-state index is 9.47. The summed E-state index contributed by atoms with van der Waals surface area (Å²) in [5.41, 5.74) is 10.7. The number of nitrogens with one attached hydrogen (secondary N) is 2. The molecule has 0 aliphatic heterocycles. The first kappa shape index (κ1) is 20.0. The van der Waals surface area contributed by atoms with E-state index in [4.69, 9.17) is 5.73 Å². The molecule has 3 aromatic heterocycles. The lowest BCUT2D eigenvalue weighted by molar-refractivity contribution is 0.684. The third-order valence-electron chi connectivity index (χ3n) is 5.42. The van der Waals surface area contributed by atoms with Gasteiger partial charge in [0.15, 0.2) is 17.0 Å². The molecular weight excluding hydrogens is 414 g/mol. The number of nitriles is 2. The van der Waals surface area contributed by atoms with Crippen LogP contribution < -0.4 is 11.1 Å². The van der Waals surface area contributed by atoms with E-state index in [0.717, 1.165) is 29.7 Å². The number of anilines is 2. The van der Waals surface area contributed by atoms with E-state index in [0.29, 0.717) is 34.9 Å². The van der Waals surface area contributed by atoms with Gasteiger partial charge in [0, 0.05) is 18.8 Å². The molecule has 0 aliphatic carbocycles.